The normalized spacial score (nSPS) is 26.3. The van der Waals surface area contributed by atoms with Crippen LogP contribution in [0.15, 0.2) is 30.3 Å². The second-order valence-corrected chi connectivity index (χ2v) is 7.64. The van der Waals surface area contributed by atoms with E-state index in [0.717, 1.165) is 37.3 Å². The fourth-order valence-electron chi connectivity index (χ4n) is 4.38. The van der Waals surface area contributed by atoms with Gasteiger partial charge in [-0.05, 0) is 43.3 Å². The number of amides is 1. The van der Waals surface area contributed by atoms with Gasteiger partial charge in [0, 0.05) is 13.5 Å². The number of hydrogen-bond donors (Lipinski definition) is 3. The van der Waals surface area contributed by atoms with Gasteiger partial charge in [-0.3, -0.25) is 9.89 Å². The van der Waals surface area contributed by atoms with E-state index in [1.807, 2.05) is 30.3 Å². The number of halogens is 1. The molecule has 7 nitrogen and oxygen atoms in total. The zero-order valence-electron chi connectivity index (χ0n) is 16.1. The fourth-order valence-corrected chi connectivity index (χ4v) is 4.38. The Balaban J connectivity index is 0.00000225. The van der Waals surface area contributed by atoms with Crippen LogP contribution in [0.2, 0.25) is 0 Å². The molecule has 4 rings (SSSR count). The number of carbonyl (C=O) groups excluding carboxylic acids is 1. The molecule has 152 valence electrons. The van der Waals surface area contributed by atoms with Crippen molar-refractivity contribution in [3.8, 4) is 0 Å². The Hall–Kier alpha value is -1.96. The molecule has 1 aliphatic heterocycles. The van der Waals surface area contributed by atoms with Crippen molar-refractivity contribution in [2.45, 2.75) is 37.8 Å². The Morgan fingerprint density at radius 3 is 2.71 bits per heavy atom. The molecule has 0 spiro atoms. The number of carbonyl (C=O) groups is 1. The largest absolute Gasteiger partial charge is 0.379 e. The molecular formula is C20H28ClN5O2. The van der Waals surface area contributed by atoms with Crippen LogP contribution in [0, 0.1) is 11.8 Å². The van der Waals surface area contributed by atoms with Crippen molar-refractivity contribution in [2.24, 2.45) is 11.8 Å². The Morgan fingerprint density at radius 1 is 1.21 bits per heavy atom. The Labute approximate surface area is 171 Å². The second kappa shape index (κ2) is 9.49. The van der Waals surface area contributed by atoms with Crippen LogP contribution >= 0.6 is 12.4 Å². The molecule has 1 amide bonds. The summed E-state index contributed by atoms with van der Waals surface area (Å²) in [6, 6.07) is 10.2. The molecule has 0 unspecified atom stereocenters. The van der Waals surface area contributed by atoms with Gasteiger partial charge in [0.1, 0.15) is 5.82 Å². The minimum absolute atomic E-state index is 0. The van der Waals surface area contributed by atoms with Crippen LogP contribution in [0.5, 0.6) is 0 Å². The number of H-pyrrole nitrogens is 1. The van der Waals surface area contributed by atoms with Gasteiger partial charge in [-0.25, -0.2) is 4.98 Å². The topological polar surface area (TPSA) is 91.9 Å². The first kappa shape index (κ1) is 20.8. The zero-order chi connectivity index (χ0) is 18.6. The van der Waals surface area contributed by atoms with Crippen LogP contribution < -0.4 is 10.6 Å². The maximum atomic E-state index is 12.5. The van der Waals surface area contributed by atoms with E-state index in [9.17, 15) is 4.79 Å². The molecule has 1 aromatic heterocycles. The SMILES string of the molecule is CO[C@H]1C[C@@H]2CNC[C@@H]2C[C@@H]1NC(=O)Cc1n[nH]c(Cc2ccccc2)n1.Cl. The summed E-state index contributed by atoms with van der Waals surface area (Å²) in [7, 11) is 1.73. The molecule has 4 atom stereocenters. The highest BCUT2D eigenvalue weighted by Crippen LogP contribution is 2.34. The third-order valence-corrected chi connectivity index (χ3v) is 5.78. The number of nitrogens with zero attached hydrogens (tertiary/aromatic N) is 2. The number of ether oxygens (including phenoxy) is 1. The highest BCUT2D eigenvalue weighted by molar-refractivity contribution is 5.85. The summed E-state index contributed by atoms with van der Waals surface area (Å²) in [5.41, 5.74) is 1.16. The molecule has 0 radical (unpaired) electrons. The summed E-state index contributed by atoms with van der Waals surface area (Å²) in [5, 5.41) is 13.7. The number of methoxy groups -OCH3 is 1. The van der Waals surface area contributed by atoms with Crippen LogP contribution in [-0.4, -0.2) is 53.4 Å². The Bertz CT molecular complexity index is 769. The van der Waals surface area contributed by atoms with Crippen LogP contribution in [0.4, 0.5) is 0 Å². The fraction of sp³-hybridized carbons (Fsp3) is 0.550. The maximum absolute atomic E-state index is 12.5. The van der Waals surface area contributed by atoms with Gasteiger partial charge in [0.2, 0.25) is 5.91 Å². The van der Waals surface area contributed by atoms with Crippen molar-refractivity contribution < 1.29 is 9.53 Å². The van der Waals surface area contributed by atoms with E-state index in [1.165, 1.54) is 0 Å². The lowest BCUT2D eigenvalue weighted by atomic mass is 9.77. The molecule has 2 fully saturated rings. The number of aromatic nitrogens is 3. The van der Waals surface area contributed by atoms with E-state index in [0.29, 0.717) is 24.1 Å². The van der Waals surface area contributed by atoms with E-state index in [-0.39, 0.29) is 36.9 Å². The zero-order valence-corrected chi connectivity index (χ0v) is 16.9. The van der Waals surface area contributed by atoms with Gasteiger partial charge in [-0.15, -0.1) is 12.4 Å². The summed E-state index contributed by atoms with van der Waals surface area (Å²) >= 11 is 0. The minimum atomic E-state index is -0.0447. The van der Waals surface area contributed by atoms with E-state index in [4.69, 9.17) is 4.74 Å². The summed E-state index contributed by atoms with van der Waals surface area (Å²) in [6.07, 6.45) is 2.91. The second-order valence-electron chi connectivity index (χ2n) is 7.64. The molecule has 1 aromatic carbocycles. The molecule has 3 N–H and O–H groups in total. The smallest absolute Gasteiger partial charge is 0.228 e. The number of benzene rings is 1. The van der Waals surface area contributed by atoms with Crippen LogP contribution in [0.1, 0.15) is 30.1 Å². The summed E-state index contributed by atoms with van der Waals surface area (Å²) in [6.45, 7) is 2.10. The molecule has 0 bridgehead atoms. The Kier molecular flexibility index (Phi) is 7.04. The van der Waals surface area contributed by atoms with Crippen LogP contribution in [-0.2, 0) is 22.4 Å². The highest BCUT2D eigenvalue weighted by atomic mass is 35.5. The number of rotatable bonds is 6. The van der Waals surface area contributed by atoms with Crippen LogP contribution in [0.25, 0.3) is 0 Å². The highest BCUT2D eigenvalue weighted by Gasteiger charge is 2.40. The van der Waals surface area contributed by atoms with Crippen molar-refractivity contribution in [3.05, 3.63) is 47.5 Å². The van der Waals surface area contributed by atoms with Gasteiger partial charge in [0.05, 0.1) is 18.6 Å². The first-order valence-electron chi connectivity index (χ1n) is 9.68. The van der Waals surface area contributed by atoms with Gasteiger partial charge >= 0.3 is 0 Å². The molecule has 28 heavy (non-hydrogen) atoms. The van der Waals surface area contributed by atoms with E-state index in [1.54, 1.807) is 7.11 Å². The molecule has 2 aromatic rings. The molecule has 2 aliphatic rings. The van der Waals surface area contributed by atoms with E-state index >= 15 is 0 Å². The van der Waals surface area contributed by atoms with Gasteiger partial charge in [0.15, 0.2) is 5.82 Å². The molecular weight excluding hydrogens is 378 g/mol. The average molecular weight is 406 g/mol. The van der Waals surface area contributed by atoms with Gasteiger partial charge in [-0.2, -0.15) is 5.10 Å². The monoisotopic (exact) mass is 405 g/mol. The standard InChI is InChI=1S/C20H27N5O2.ClH/c1-27-17-9-15-12-21-11-14(15)8-16(17)22-20(26)10-19-23-18(24-25-19)7-13-5-3-2-4-6-13;/h2-6,14-17,21H,7-12H2,1H3,(H,22,26)(H,23,24,25);1H/t14-,15+,16-,17-;/m0./s1. The number of aromatic amines is 1. The van der Waals surface area contributed by atoms with E-state index in [2.05, 4.69) is 25.8 Å². The van der Waals surface area contributed by atoms with Crippen molar-refractivity contribution in [1.82, 2.24) is 25.8 Å². The van der Waals surface area contributed by atoms with Gasteiger partial charge < -0.3 is 15.4 Å². The lowest BCUT2D eigenvalue weighted by Crippen LogP contribution is -2.50. The number of hydrogen-bond acceptors (Lipinski definition) is 5. The lowest BCUT2D eigenvalue weighted by Gasteiger charge is -2.37. The molecule has 8 heteroatoms. The lowest BCUT2D eigenvalue weighted by molar-refractivity contribution is -0.123. The van der Waals surface area contributed by atoms with Crippen LogP contribution in [0.3, 0.4) is 0 Å². The summed E-state index contributed by atoms with van der Waals surface area (Å²) < 4.78 is 5.65. The summed E-state index contributed by atoms with van der Waals surface area (Å²) in [4.78, 5) is 17.0. The predicted molar refractivity (Wildman–Crippen MR) is 108 cm³/mol. The van der Waals surface area contributed by atoms with Crippen molar-refractivity contribution in [3.63, 3.8) is 0 Å². The predicted octanol–water partition coefficient (Wildman–Crippen LogP) is 1.49. The van der Waals surface area contributed by atoms with Gasteiger partial charge in [0.25, 0.3) is 0 Å². The maximum Gasteiger partial charge on any atom is 0.228 e. The van der Waals surface area contributed by atoms with E-state index < -0.39 is 0 Å². The van der Waals surface area contributed by atoms with Crippen molar-refractivity contribution in [1.29, 1.82) is 0 Å². The quantitative estimate of drug-likeness (QED) is 0.677. The first-order valence-corrected chi connectivity index (χ1v) is 9.68. The van der Waals surface area contributed by atoms with Crippen molar-refractivity contribution in [2.75, 3.05) is 20.2 Å². The Morgan fingerprint density at radius 2 is 1.96 bits per heavy atom. The number of fused-ring (bicyclic) bond motifs is 1. The number of nitrogens with one attached hydrogen (secondary N) is 3. The molecule has 1 saturated heterocycles. The third-order valence-electron chi connectivity index (χ3n) is 5.78. The first-order chi connectivity index (χ1) is 13.2. The molecule has 1 aliphatic carbocycles. The molecule has 1 saturated carbocycles. The minimum Gasteiger partial charge on any atom is -0.379 e. The summed E-state index contributed by atoms with van der Waals surface area (Å²) in [5.74, 6) is 2.55. The van der Waals surface area contributed by atoms with Crippen molar-refractivity contribution >= 4 is 18.3 Å². The average Bonchev–Trinajstić information content (AvgIpc) is 3.30. The molecule has 2 heterocycles. The van der Waals surface area contributed by atoms with Gasteiger partial charge in [-0.1, -0.05) is 30.3 Å². The third kappa shape index (κ3) is 4.90.